The molecular weight excluding hydrogens is 266 g/mol. The third kappa shape index (κ3) is 2.53. The van der Waals surface area contributed by atoms with Gasteiger partial charge in [0.05, 0.1) is 19.3 Å². The molecule has 1 aliphatic heterocycles. The second-order valence-electron chi connectivity index (χ2n) is 6.45. The van der Waals surface area contributed by atoms with E-state index in [4.69, 9.17) is 10.5 Å². The van der Waals surface area contributed by atoms with Crippen LogP contribution in [0.5, 0.6) is 0 Å². The Morgan fingerprint density at radius 2 is 1.85 bits per heavy atom. The molecule has 1 unspecified atom stereocenters. The van der Waals surface area contributed by atoms with Crippen molar-refractivity contribution in [1.29, 1.82) is 0 Å². The van der Waals surface area contributed by atoms with Crippen LogP contribution >= 0.6 is 11.3 Å². The number of hydrogen-bond donors (Lipinski definition) is 1. The summed E-state index contributed by atoms with van der Waals surface area (Å²) in [6, 6.07) is 10.8. The molecule has 106 valence electrons. The second kappa shape index (κ2) is 4.99. The maximum Gasteiger partial charge on any atom is 0.0725 e. The molecular formula is C17H21NOS. The standard InChI is InChI=1S/C17H21NOS/c1-17(2,3)15-7-6-14(20-15)16(18)11-4-5-12-9-19-10-13(12)8-11/h4-8,16H,9-10,18H2,1-3H3. The summed E-state index contributed by atoms with van der Waals surface area (Å²) >= 11 is 1.82. The van der Waals surface area contributed by atoms with Gasteiger partial charge >= 0.3 is 0 Å². The Hall–Kier alpha value is -1.16. The Kier molecular flexibility index (Phi) is 3.44. The van der Waals surface area contributed by atoms with Gasteiger partial charge < -0.3 is 10.5 Å². The molecule has 0 bridgehead atoms. The number of thiophene rings is 1. The number of ether oxygens (including phenoxy) is 1. The monoisotopic (exact) mass is 287 g/mol. The molecule has 1 aromatic carbocycles. The van der Waals surface area contributed by atoms with Crippen LogP contribution in [-0.4, -0.2) is 0 Å². The fraction of sp³-hybridized carbons (Fsp3) is 0.412. The van der Waals surface area contributed by atoms with E-state index in [1.54, 1.807) is 0 Å². The van der Waals surface area contributed by atoms with Crippen molar-refractivity contribution in [2.45, 2.75) is 45.4 Å². The predicted molar refractivity (Wildman–Crippen MR) is 84.0 cm³/mol. The number of benzene rings is 1. The van der Waals surface area contributed by atoms with Crippen molar-refractivity contribution in [3.8, 4) is 0 Å². The van der Waals surface area contributed by atoms with Crippen LogP contribution in [0, 0.1) is 0 Å². The molecule has 2 heterocycles. The van der Waals surface area contributed by atoms with Crippen molar-refractivity contribution in [3.63, 3.8) is 0 Å². The highest BCUT2D eigenvalue weighted by molar-refractivity contribution is 7.12. The van der Waals surface area contributed by atoms with Crippen molar-refractivity contribution < 1.29 is 4.74 Å². The molecule has 3 heteroatoms. The van der Waals surface area contributed by atoms with Crippen LogP contribution in [0.15, 0.2) is 30.3 Å². The second-order valence-corrected chi connectivity index (χ2v) is 7.57. The van der Waals surface area contributed by atoms with E-state index in [1.165, 1.54) is 26.4 Å². The minimum Gasteiger partial charge on any atom is -0.372 e. The van der Waals surface area contributed by atoms with Gasteiger partial charge in [-0.1, -0.05) is 39.0 Å². The lowest BCUT2D eigenvalue weighted by atomic mass is 9.95. The highest BCUT2D eigenvalue weighted by Gasteiger charge is 2.20. The van der Waals surface area contributed by atoms with Gasteiger partial charge in [0.2, 0.25) is 0 Å². The number of fused-ring (bicyclic) bond motifs is 1. The van der Waals surface area contributed by atoms with Crippen molar-refractivity contribution in [2.24, 2.45) is 5.73 Å². The summed E-state index contributed by atoms with van der Waals surface area (Å²) in [4.78, 5) is 2.61. The highest BCUT2D eigenvalue weighted by atomic mass is 32.1. The van der Waals surface area contributed by atoms with E-state index < -0.39 is 0 Å². The first-order valence-corrected chi connectivity index (χ1v) is 7.82. The fourth-order valence-electron chi connectivity index (χ4n) is 2.47. The van der Waals surface area contributed by atoms with Crippen molar-refractivity contribution in [3.05, 3.63) is 56.8 Å². The van der Waals surface area contributed by atoms with Crippen molar-refractivity contribution in [2.75, 3.05) is 0 Å². The molecule has 2 aromatic rings. The van der Waals surface area contributed by atoms with E-state index in [-0.39, 0.29) is 11.5 Å². The molecule has 1 atom stereocenters. The van der Waals surface area contributed by atoms with E-state index >= 15 is 0 Å². The third-order valence-corrected chi connectivity index (χ3v) is 5.37. The van der Waals surface area contributed by atoms with Gasteiger partial charge in [-0.15, -0.1) is 11.3 Å². The zero-order chi connectivity index (χ0) is 14.3. The maximum atomic E-state index is 6.44. The van der Waals surface area contributed by atoms with E-state index in [9.17, 15) is 0 Å². The summed E-state index contributed by atoms with van der Waals surface area (Å²) in [6.45, 7) is 8.16. The van der Waals surface area contributed by atoms with Crippen LogP contribution in [0.25, 0.3) is 0 Å². The van der Waals surface area contributed by atoms with Crippen LogP contribution in [0.2, 0.25) is 0 Å². The molecule has 0 radical (unpaired) electrons. The summed E-state index contributed by atoms with van der Waals surface area (Å²) in [5.74, 6) is 0. The van der Waals surface area contributed by atoms with Gasteiger partial charge in [0.15, 0.2) is 0 Å². The first-order valence-electron chi connectivity index (χ1n) is 7.00. The number of hydrogen-bond acceptors (Lipinski definition) is 3. The van der Waals surface area contributed by atoms with Crippen molar-refractivity contribution in [1.82, 2.24) is 0 Å². The molecule has 20 heavy (non-hydrogen) atoms. The van der Waals surface area contributed by atoms with Crippen LogP contribution in [0.3, 0.4) is 0 Å². The SMILES string of the molecule is CC(C)(C)c1ccc(C(N)c2ccc3c(c2)COC3)s1. The molecule has 1 aliphatic rings. The Bertz CT molecular complexity index is 624. The highest BCUT2D eigenvalue weighted by Crippen LogP contribution is 2.34. The zero-order valence-electron chi connectivity index (χ0n) is 12.3. The van der Waals surface area contributed by atoms with Crippen LogP contribution in [0.1, 0.15) is 53.3 Å². The van der Waals surface area contributed by atoms with Crippen LogP contribution < -0.4 is 5.73 Å². The molecule has 0 amide bonds. The van der Waals surface area contributed by atoms with Gasteiger partial charge in [-0.3, -0.25) is 0 Å². The molecule has 3 rings (SSSR count). The van der Waals surface area contributed by atoms with Crippen LogP contribution in [0.4, 0.5) is 0 Å². The topological polar surface area (TPSA) is 35.2 Å². The predicted octanol–water partition coefficient (Wildman–Crippen LogP) is 4.12. The average Bonchev–Trinajstić information content (AvgIpc) is 3.05. The van der Waals surface area contributed by atoms with Crippen LogP contribution in [-0.2, 0) is 23.4 Å². The van der Waals surface area contributed by atoms with E-state index in [1.807, 2.05) is 11.3 Å². The summed E-state index contributed by atoms with van der Waals surface area (Å²) in [6.07, 6.45) is 0. The molecule has 2 N–H and O–H groups in total. The number of nitrogens with two attached hydrogens (primary N) is 1. The summed E-state index contributed by atoms with van der Waals surface area (Å²) < 4.78 is 5.47. The van der Waals surface area contributed by atoms with Crippen molar-refractivity contribution >= 4 is 11.3 Å². The summed E-state index contributed by atoms with van der Waals surface area (Å²) in [7, 11) is 0. The fourth-order valence-corrected chi connectivity index (χ4v) is 3.57. The van der Waals surface area contributed by atoms with Gasteiger partial charge in [-0.05, 0) is 34.2 Å². The first-order chi connectivity index (χ1) is 9.45. The van der Waals surface area contributed by atoms with Gasteiger partial charge in [-0.2, -0.15) is 0 Å². The molecule has 1 aromatic heterocycles. The smallest absolute Gasteiger partial charge is 0.0725 e. The lowest BCUT2D eigenvalue weighted by Gasteiger charge is -2.16. The number of rotatable bonds is 2. The quantitative estimate of drug-likeness (QED) is 0.901. The third-order valence-electron chi connectivity index (χ3n) is 3.78. The largest absolute Gasteiger partial charge is 0.372 e. The van der Waals surface area contributed by atoms with Gasteiger partial charge in [0, 0.05) is 9.75 Å². The minimum absolute atomic E-state index is 0.0398. The van der Waals surface area contributed by atoms with E-state index in [0.29, 0.717) is 6.61 Å². The lowest BCUT2D eigenvalue weighted by molar-refractivity contribution is 0.134. The Morgan fingerprint density at radius 3 is 2.55 bits per heavy atom. The van der Waals surface area contributed by atoms with Gasteiger partial charge in [0.25, 0.3) is 0 Å². The lowest BCUT2D eigenvalue weighted by Crippen LogP contribution is -2.11. The minimum atomic E-state index is -0.0398. The Morgan fingerprint density at radius 1 is 1.10 bits per heavy atom. The molecule has 2 nitrogen and oxygen atoms in total. The first kappa shape index (κ1) is 13.8. The Labute approximate surface area is 124 Å². The molecule has 0 saturated heterocycles. The zero-order valence-corrected chi connectivity index (χ0v) is 13.1. The molecule has 0 spiro atoms. The molecule has 0 fully saturated rings. The van der Waals surface area contributed by atoms with Gasteiger partial charge in [0.1, 0.15) is 0 Å². The average molecular weight is 287 g/mol. The van der Waals surface area contributed by atoms with Gasteiger partial charge in [-0.25, -0.2) is 0 Å². The maximum absolute atomic E-state index is 6.44. The van der Waals surface area contributed by atoms with E-state index in [2.05, 4.69) is 51.1 Å². The summed E-state index contributed by atoms with van der Waals surface area (Å²) in [5, 5.41) is 0. The van der Waals surface area contributed by atoms with E-state index in [0.717, 1.165) is 6.61 Å². The molecule has 0 aliphatic carbocycles. The summed E-state index contributed by atoms with van der Waals surface area (Å²) in [5.41, 5.74) is 10.4. The molecule has 0 saturated carbocycles. The normalized spacial score (nSPS) is 16.2. The Balaban J connectivity index is 1.89.